The van der Waals surface area contributed by atoms with E-state index in [9.17, 15) is 15.0 Å². The van der Waals surface area contributed by atoms with Gasteiger partial charge in [0, 0.05) is 11.8 Å². The molecule has 128 valence electrons. The second kappa shape index (κ2) is 5.28. The van der Waals surface area contributed by atoms with E-state index in [1.807, 2.05) is 0 Å². The van der Waals surface area contributed by atoms with Crippen molar-refractivity contribution in [3.63, 3.8) is 0 Å². The van der Waals surface area contributed by atoms with Crippen molar-refractivity contribution in [2.75, 3.05) is 0 Å². The molecule has 5 atom stereocenters. The van der Waals surface area contributed by atoms with Gasteiger partial charge in [0.15, 0.2) is 5.78 Å². The standard InChI is InChI=1S/C20H25NO3/c1-19-6-4-15-14(16(19)5-7-20(19,24)8-9-21)3-2-12-10-13(22)11-17(23)18(12)15/h10,14,16-17,23-24H,2-8,11H2,1H3/t14-,16+,17+,19+,20-/m1/s1. The van der Waals surface area contributed by atoms with Crippen molar-refractivity contribution in [2.45, 2.75) is 70.0 Å². The number of fused-ring (bicyclic) bond motifs is 4. The summed E-state index contributed by atoms with van der Waals surface area (Å²) in [6, 6.07) is 2.19. The largest absolute Gasteiger partial charge is 0.388 e. The fraction of sp³-hybridized carbons (Fsp3) is 0.700. The van der Waals surface area contributed by atoms with Crippen molar-refractivity contribution in [1.29, 1.82) is 5.26 Å². The van der Waals surface area contributed by atoms with E-state index in [4.69, 9.17) is 5.26 Å². The Morgan fingerprint density at radius 2 is 2.12 bits per heavy atom. The molecular weight excluding hydrogens is 302 g/mol. The number of hydrogen-bond donors (Lipinski definition) is 2. The first-order valence-electron chi connectivity index (χ1n) is 9.14. The predicted molar refractivity (Wildman–Crippen MR) is 88.7 cm³/mol. The average molecular weight is 327 g/mol. The monoisotopic (exact) mass is 327 g/mol. The summed E-state index contributed by atoms with van der Waals surface area (Å²) in [5.41, 5.74) is 2.31. The molecule has 0 radical (unpaired) electrons. The molecule has 0 saturated heterocycles. The highest BCUT2D eigenvalue weighted by Crippen LogP contribution is 2.64. The summed E-state index contributed by atoms with van der Waals surface area (Å²) in [7, 11) is 0. The Morgan fingerprint density at radius 3 is 2.88 bits per heavy atom. The van der Waals surface area contributed by atoms with Gasteiger partial charge in [-0.15, -0.1) is 0 Å². The molecular formula is C20H25NO3. The fourth-order valence-electron chi connectivity index (χ4n) is 6.14. The van der Waals surface area contributed by atoms with Gasteiger partial charge in [0.25, 0.3) is 0 Å². The van der Waals surface area contributed by atoms with E-state index in [-0.39, 0.29) is 24.0 Å². The Hall–Kier alpha value is -1.44. The van der Waals surface area contributed by atoms with Crippen LogP contribution in [0.4, 0.5) is 0 Å². The third-order valence-corrected chi connectivity index (χ3v) is 7.45. The molecule has 0 amide bonds. The topological polar surface area (TPSA) is 81.3 Å². The van der Waals surface area contributed by atoms with Gasteiger partial charge < -0.3 is 10.2 Å². The van der Waals surface area contributed by atoms with Crippen LogP contribution in [0.5, 0.6) is 0 Å². The molecule has 4 rings (SSSR count). The van der Waals surface area contributed by atoms with Crippen LogP contribution in [0.25, 0.3) is 0 Å². The minimum atomic E-state index is -0.875. The third kappa shape index (κ3) is 2.01. The van der Waals surface area contributed by atoms with Gasteiger partial charge in [-0.1, -0.05) is 12.5 Å². The zero-order valence-electron chi connectivity index (χ0n) is 14.2. The Labute approximate surface area is 142 Å². The number of carbonyl (C=O) groups is 1. The number of ketones is 1. The van der Waals surface area contributed by atoms with Crippen LogP contribution in [0.3, 0.4) is 0 Å². The Balaban J connectivity index is 1.75. The smallest absolute Gasteiger partial charge is 0.158 e. The van der Waals surface area contributed by atoms with Crippen molar-refractivity contribution >= 4 is 5.78 Å². The first-order valence-corrected chi connectivity index (χ1v) is 9.14. The van der Waals surface area contributed by atoms with Crippen molar-refractivity contribution in [1.82, 2.24) is 0 Å². The lowest BCUT2D eigenvalue weighted by atomic mass is 9.54. The van der Waals surface area contributed by atoms with Gasteiger partial charge in [-0.2, -0.15) is 5.26 Å². The number of carbonyl (C=O) groups excluding carboxylic acids is 1. The number of aliphatic hydroxyl groups is 2. The molecule has 0 spiro atoms. The maximum Gasteiger partial charge on any atom is 0.158 e. The van der Waals surface area contributed by atoms with Crippen LogP contribution in [-0.4, -0.2) is 27.7 Å². The van der Waals surface area contributed by atoms with Gasteiger partial charge in [-0.25, -0.2) is 0 Å². The minimum absolute atomic E-state index is 0.0326. The summed E-state index contributed by atoms with van der Waals surface area (Å²) in [6.07, 6.45) is 6.70. The molecule has 0 heterocycles. The van der Waals surface area contributed by atoms with Crippen molar-refractivity contribution in [3.8, 4) is 6.07 Å². The van der Waals surface area contributed by atoms with Crippen LogP contribution in [0.2, 0.25) is 0 Å². The summed E-state index contributed by atoms with van der Waals surface area (Å²) < 4.78 is 0. The maximum atomic E-state index is 11.8. The van der Waals surface area contributed by atoms with Crippen molar-refractivity contribution in [2.24, 2.45) is 17.3 Å². The zero-order valence-corrected chi connectivity index (χ0v) is 14.2. The summed E-state index contributed by atoms with van der Waals surface area (Å²) in [6.45, 7) is 2.16. The minimum Gasteiger partial charge on any atom is -0.388 e. The molecule has 24 heavy (non-hydrogen) atoms. The maximum absolute atomic E-state index is 11.8. The molecule has 4 heteroatoms. The van der Waals surface area contributed by atoms with E-state index in [1.54, 1.807) is 6.08 Å². The van der Waals surface area contributed by atoms with Gasteiger partial charge in [0.2, 0.25) is 0 Å². The van der Waals surface area contributed by atoms with E-state index in [2.05, 4.69) is 13.0 Å². The van der Waals surface area contributed by atoms with E-state index >= 15 is 0 Å². The van der Waals surface area contributed by atoms with Crippen LogP contribution >= 0.6 is 0 Å². The number of nitrogens with zero attached hydrogens (tertiary/aromatic N) is 1. The number of hydrogen-bond acceptors (Lipinski definition) is 4. The second-order valence-corrected chi connectivity index (χ2v) is 8.37. The molecule has 4 aliphatic carbocycles. The lowest BCUT2D eigenvalue weighted by molar-refractivity contribution is -0.116. The first-order chi connectivity index (χ1) is 11.4. The Kier molecular flexibility index (Phi) is 3.53. The third-order valence-electron chi connectivity index (χ3n) is 7.45. The molecule has 0 aromatic rings. The van der Waals surface area contributed by atoms with Crippen molar-refractivity contribution in [3.05, 3.63) is 22.8 Å². The lowest BCUT2D eigenvalue weighted by Crippen LogP contribution is -2.49. The number of allylic oxidation sites excluding steroid dienone is 2. The number of aliphatic hydroxyl groups excluding tert-OH is 1. The Morgan fingerprint density at radius 1 is 1.33 bits per heavy atom. The highest BCUT2D eigenvalue weighted by molar-refractivity contribution is 5.93. The molecule has 0 unspecified atom stereocenters. The fourth-order valence-corrected chi connectivity index (χ4v) is 6.14. The number of nitriles is 1. The van der Waals surface area contributed by atoms with E-state index in [0.29, 0.717) is 18.3 Å². The van der Waals surface area contributed by atoms with Gasteiger partial charge in [0.05, 0.1) is 24.2 Å². The number of rotatable bonds is 1. The van der Waals surface area contributed by atoms with Crippen LogP contribution < -0.4 is 0 Å². The molecule has 2 saturated carbocycles. The Bertz CT molecular complexity index is 700. The zero-order chi connectivity index (χ0) is 17.1. The predicted octanol–water partition coefficient (Wildman–Crippen LogP) is 2.81. The van der Waals surface area contributed by atoms with E-state index in [1.165, 1.54) is 5.57 Å². The highest BCUT2D eigenvalue weighted by Gasteiger charge is 2.60. The summed E-state index contributed by atoms with van der Waals surface area (Å²) in [4.78, 5) is 11.8. The first kappa shape index (κ1) is 16.1. The van der Waals surface area contributed by atoms with Gasteiger partial charge in [-0.3, -0.25) is 4.79 Å². The van der Waals surface area contributed by atoms with Crippen LogP contribution in [-0.2, 0) is 4.79 Å². The summed E-state index contributed by atoms with van der Waals surface area (Å²) >= 11 is 0. The SMILES string of the molecule is C[C@]12CCC3=C4C(=CC(=O)C[C@@H]4O)CC[C@H]3[C@@H]1CC[C@@]2(O)CC#N. The molecule has 0 aromatic carbocycles. The highest BCUT2D eigenvalue weighted by atomic mass is 16.3. The normalized spacial score (nSPS) is 44.3. The molecule has 0 bridgehead atoms. The summed E-state index contributed by atoms with van der Waals surface area (Å²) in [5.74, 6) is 0.787. The lowest BCUT2D eigenvalue weighted by Gasteiger charge is -2.51. The van der Waals surface area contributed by atoms with Gasteiger partial charge in [0.1, 0.15) is 0 Å². The molecule has 0 aromatic heterocycles. The van der Waals surface area contributed by atoms with Crippen LogP contribution in [0.1, 0.15) is 58.3 Å². The molecule has 0 aliphatic heterocycles. The quantitative estimate of drug-likeness (QED) is 0.776. The van der Waals surface area contributed by atoms with Gasteiger partial charge >= 0.3 is 0 Å². The average Bonchev–Trinajstić information content (AvgIpc) is 2.79. The molecule has 2 fully saturated rings. The van der Waals surface area contributed by atoms with E-state index in [0.717, 1.165) is 43.3 Å². The van der Waals surface area contributed by atoms with Gasteiger partial charge in [-0.05, 0) is 67.6 Å². The van der Waals surface area contributed by atoms with Crippen LogP contribution in [0.15, 0.2) is 22.8 Å². The van der Waals surface area contributed by atoms with Crippen molar-refractivity contribution < 1.29 is 15.0 Å². The van der Waals surface area contributed by atoms with E-state index < -0.39 is 11.7 Å². The second-order valence-electron chi connectivity index (χ2n) is 8.37. The summed E-state index contributed by atoms with van der Waals surface area (Å²) in [5, 5.41) is 30.8. The molecule has 4 aliphatic rings. The molecule has 4 nitrogen and oxygen atoms in total. The van der Waals surface area contributed by atoms with Crippen LogP contribution in [0, 0.1) is 28.6 Å². The molecule has 2 N–H and O–H groups in total.